The van der Waals surface area contributed by atoms with Crippen molar-refractivity contribution < 1.29 is 29.0 Å². The first-order chi connectivity index (χ1) is 13.0. The van der Waals surface area contributed by atoms with E-state index in [4.69, 9.17) is 21.1 Å². The number of hydrogen-bond acceptors (Lipinski definition) is 5. The Morgan fingerprint density at radius 3 is 2.54 bits per heavy atom. The average Bonchev–Trinajstić information content (AvgIpc) is 3.21. The Balaban J connectivity index is 1.79. The minimum Gasteiger partial charge on any atom is -0.481 e. The number of esters is 1. The SMILES string of the molecule is CC(C)(C)OC(=O)N[C@@]1(C(=O)OCc2ccccc2Cl)CC[C@H]2[C@H](C(=O)O)[C@H]21. The van der Waals surface area contributed by atoms with E-state index < -0.39 is 41.0 Å². The van der Waals surface area contributed by atoms with E-state index in [0.29, 0.717) is 23.4 Å². The summed E-state index contributed by atoms with van der Waals surface area (Å²) in [5.74, 6) is -2.95. The van der Waals surface area contributed by atoms with Crippen molar-refractivity contribution in [1.29, 1.82) is 0 Å². The summed E-state index contributed by atoms with van der Waals surface area (Å²) in [6, 6.07) is 6.96. The predicted molar refractivity (Wildman–Crippen MR) is 101 cm³/mol. The average molecular weight is 410 g/mol. The number of alkyl carbamates (subject to hydrolysis) is 1. The number of hydrogen-bond donors (Lipinski definition) is 2. The number of aliphatic carboxylic acids is 1. The predicted octanol–water partition coefficient (Wildman–Crippen LogP) is 3.39. The maximum absolute atomic E-state index is 13.0. The maximum Gasteiger partial charge on any atom is 0.408 e. The first-order valence-corrected chi connectivity index (χ1v) is 9.57. The third-order valence-corrected chi connectivity index (χ3v) is 5.67. The molecule has 2 fully saturated rings. The fourth-order valence-electron chi connectivity index (χ4n) is 4.11. The van der Waals surface area contributed by atoms with E-state index in [1.54, 1.807) is 45.0 Å². The van der Waals surface area contributed by atoms with Crippen molar-refractivity contribution in [3.63, 3.8) is 0 Å². The van der Waals surface area contributed by atoms with E-state index in [9.17, 15) is 19.5 Å². The molecule has 1 amide bonds. The molecule has 2 aliphatic carbocycles. The van der Waals surface area contributed by atoms with Crippen molar-refractivity contribution in [2.24, 2.45) is 17.8 Å². The number of nitrogens with one attached hydrogen (secondary N) is 1. The van der Waals surface area contributed by atoms with Crippen molar-refractivity contribution in [3.05, 3.63) is 34.9 Å². The number of carbonyl (C=O) groups is 3. The molecule has 0 spiro atoms. The molecule has 1 aromatic carbocycles. The standard InChI is InChI=1S/C20H24ClNO6/c1-19(2,3)28-18(26)22-20(9-8-12-14(15(12)20)16(23)24)17(25)27-10-11-6-4-5-7-13(11)21/h4-7,12,14-15H,8-10H2,1-3H3,(H,22,26)(H,23,24)/t12-,14-,15-,20-/m0/s1. The van der Waals surface area contributed by atoms with Gasteiger partial charge in [-0.25, -0.2) is 9.59 Å². The van der Waals surface area contributed by atoms with Gasteiger partial charge < -0.3 is 19.9 Å². The molecule has 3 rings (SSSR count). The van der Waals surface area contributed by atoms with Gasteiger partial charge in [0.25, 0.3) is 0 Å². The van der Waals surface area contributed by atoms with Gasteiger partial charge in [0.1, 0.15) is 17.7 Å². The Labute approximate surface area is 168 Å². The highest BCUT2D eigenvalue weighted by molar-refractivity contribution is 6.31. The molecule has 8 heteroatoms. The van der Waals surface area contributed by atoms with Gasteiger partial charge in [-0.3, -0.25) is 4.79 Å². The van der Waals surface area contributed by atoms with Crippen LogP contribution in [0.4, 0.5) is 4.79 Å². The summed E-state index contributed by atoms with van der Waals surface area (Å²) in [5, 5.41) is 12.5. The zero-order valence-electron chi connectivity index (χ0n) is 16.0. The maximum atomic E-state index is 13.0. The van der Waals surface area contributed by atoms with Gasteiger partial charge in [0.2, 0.25) is 0 Å². The molecule has 2 aliphatic rings. The minimum atomic E-state index is -1.41. The molecular weight excluding hydrogens is 386 g/mol. The highest BCUT2D eigenvalue weighted by Crippen LogP contribution is 2.62. The first kappa shape index (κ1) is 20.5. The molecule has 0 unspecified atom stereocenters. The molecule has 0 aliphatic heterocycles. The molecule has 4 atom stereocenters. The highest BCUT2D eigenvalue weighted by atomic mass is 35.5. The summed E-state index contributed by atoms with van der Waals surface area (Å²) in [6.07, 6.45) is 0.0737. The third kappa shape index (κ3) is 3.94. The topological polar surface area (TPSA) is 102 Å². The molecule has 0 aromatic heterocycles. The van der Waals surface area contributed by atoms with Gasteiger partial charge in [-0.05, 0) is 45.6 Å². The van der Waals surface area contributed by atoms with Crippen molar-refractivity contribution in [1.82, 2.24) is 5.32 Å². The third-order valence-electron chi connectivity index (χ3n) is 5.30. The normalized spacial score (nSPS) is 28.2. The number of halogens is 1. The van der Waals surface area contributed by atoms with Crippen LogP contribution in [0.3, 0.4) is 0 Å². The van der Waals surface area contributed by atoms with Crippen LogP contribution in [0.15, 0.2) is 24.3 Å². The van der Waals surface area contributed by atoms with E-state index in [0.717, 1.165) is 0 Å². The number of fused-ring (bicyclic) bond motifs is 1. The van der Waals surface area contributed by atoms with E-state index in [-0.39, 0.29) is 12.5 Å². The summed E-state index contributed by atoms with van der Waals surface area (Å²) in [5.41, 5.74) is -1.53. The first-order valence-electron chi connectivity index (χ1n) is 9.20. The van der Waals surface area contributed by atoms with Crippen LogP contribution in [-0.4, -0.2) is 34.3 Å². The molecule has 28 heavy (non-hydrogen) atoms. The molecule has 0 saturated heterocycles. The van der Waals surface area contributed by atoms with Gasteiger partial charge in [0.05, 0.1) is 5.92 Å². The summed E-state index contributed by atoms with van der Waals surface area (Å²) in [4.78, 5) is 36.9. The van der Waals surface area contributed by atoms with Crippen LogP contribution in [0.1, 0.15) is 39.2 Å². The largest absolute Gasteiger partial charge is 0.481 e. The van der Waals surface area contributed by atoms with E-state index in [1.165, 1.54) is 0 Å². The summed E-state index contributed by atoms with van der Waals surface area (Å²) >= 11 is 6.10. The second-order valence-corrected chi connectivity index (χ2v) is 8.77. The van der Waals surface area contributed by atoms with Crippen LogP contribution in [0, 0.1) is 17.8 Å². The van der Waals surface area contributed by atoms with E-state index in [2.05, 4.69) is 5.32 Å². The van der Waals surface area contributed by atoms with Gasteiger partial charge in [-0.1, -0.05) is 29.8 Å². The molecule has 152 valence electrons. The number of rotatable bonds is 5. The van der Waals surface area contributed by atoms with Crippen LogP contribution in [-0.2, 0) is 25.7 Å². The Hall–Kier alpha value is -2.28. The van der Waals surface area contributed by atoms with Crippen LogP contribution < -0.4 is 5.32 Å². The quantitative estimate of drug-likeness (QED) is 0.723. The Kier molecular flexibility index (Phi) is 5.32. The van der Waals surface area contributed by atoms with Crippen molar-refractivity contribution in [3.8, 4) is 0 Å². The molecular formula is C20H24ClNO6. The number of carboxylic acids is 1. The fraction of sp³-hybridized carbons (Fsp3) is 0.550. The lowest BCUT2D eigenvalue weighted by Gasteiger charge is -2.32. The van der Waals surface area contributed by atoms with Crippen LogP contribution in [0.2, 0.25) is 5.02 Å². The lowest BCUT2D eigenvalue weighted by atomic mass is 9.90. The van der Waals surface area contributed by atoms with Crippen molar-refractivity contribution in [2.45, 2.75) is 51.4 Å². The highest BCUT2D eigenvalue weighted by Gasteiger charge is 2.72. The lowest BCUT2D eigenvalue weighted by Crippen LogP contribution is -2.57. The van der Waals surface area contributed by atoms with Gasteiger partial charge in [0.15, 0.2) is 0 Å². The second-order valence-electron chi connectivity index (χ2n) is 8.36. The summed E-state index contributed by atoms with van der Waals surface area (Å²) in [7, 11) is 0. The molecule has 1 aromatic rings. The Morgan fingerprint density at radius 1 is 1.29 bits per heavy atom. The van der Waals surface area contributed by atoms with Crippen LogP contribution in [0.25, 0.3) is 0 Å². The minimum absolute atomic E-state index is 0.0641. The summed E-state index contributed by atoms with van der Waals surface area (Å²) < 4.78 is 10.8. The molecule has 0 heterocycles. The number of carbonyl (C=O) groups excluding carboxylic acids is 2. The van der Waals surface area contributed by atoms with Gasteiger partial charge >= 0.3 is 18.0 Å². The molecule has 0 bridgehead atoms. The number of ether oxygens (including phenoxy) is 2. The molecule has 0 radical (unpaired) electrons. The van der Waals surface area contributed by atoms with Crippen molar-refractivity contribution >= 4 is 29.6 Å². The lowest BCUT2D eigenvalue weighted by molar-refractivity contribution is -0.154. The molecule has 2 N–H and O–H groups in total. The monoisotopic (exact) mass is 409 g/mol. The molecule has 2 saturated carbocycles. The van der Waals surface area contributed by atoms with E-state index in [1.807, 2.05) is 0 Å². The number of carboxylic acid groups (broad SMARTS) is 1. The second kappa shape index (κ2) is 7.28. The van der Waals surface area contributed by atoms with Gasteiger partial charge in [-0.15, -0.1) is 0 Å². The Morgan fingerprint density at radius 2 is 1.96 bits per heavy atom. The van der Waals surface area contributed by atoms with Gasteiger partial charge in [-0.2, -0.15) is 0 Å². The summed E-state index contributed by atoms with van der Waals surface area (Å²) in [6.45, 7) is 5.07. The zero-order chi connectivity index (χ0) is 20.7. The van der Waals surface area contributed by atoms with Crippen molar-refractivity contribution in [2.75, 3.05) is 0 Å². The van der Waals surface area contributed by atoms with Crippen LogP contribution >= 0.6 is 11.6 Å². The molecule has 7 nitrogen and oxygen atoms in total. The van der Waals surface area contributed by atoms with E-state index >= 15 is 0 Å². The smallest absolute Gasteiger partial charge is 0.408 e. The van der Waals surface area contributed by atoms with Crippen LogP contribution in [0.5, 0.6) is 0 Å². The Bertz CT molecular complexity index is 804. The number of amides is 1. The fourth-order valence-corrected chi connectivity index (χ4v) is 4.30. The number of benzene rings is 1. The van der Waals surface area contributed by atoms with Gasteiger partial charge in [0, 0.05) is 16.5 Å². The zero-order valence-corrected chi connectivity index (χ0v) is 16.8.